The highest BCUT2D eigenvalue weighted by molar-refractivity contribution is 6.04. The summed E-state index contributed by atoms with van der Waals surface area (Å²) in [6.45, 7) is -0.172. The van der Waals surface area contributed by atoms with Crippen molar-refractivity contribution < 1.29 is 14.7 Å². The summed E-state index contributed by atoms with van der Waals surface area (Å²) in [5, 5.41) is 16.3. The van der Waals surface area contributed by atoms with Gasteiger partial charge in [0, 0.05) is 6.42 Å². The van der Waals surface area contributed by atoms with Crippen molar-refractivity contribution in [2.45, 2.75) is 18.6 Å². The second-order valence-electron chi connectivity index (χ2n) is 5.36. The maximum Gasteiger partial charge on any atom is 0.264 e. The van der Waals surface area contributed by atoms with Gasteiger partial charge in [-0.3, -0.25) is 4.79 Å². The zero-order valence-electron chi connectivity index (χ0n) is 12.6. The fraction of sp³-hybridized carbons (Fsp3) is 0.222. The molecule has 1 aliphatic rings. The Morgan fingerprint density at radius 3 is 2.48 bits per heavy atom. The van der Waals surface area contributed by atoms with E-state index < -0.39 is 12.1 Å². The standard InChI is InChI=1S/C18H18N2O3/c21-12-16(14-9-5-2-6-10-14)19-18(22)17-11-15(20-23-17)13-7-3-1-4-8-13/h1-10,16-17,21H,11-12H2,(H,19,22)/t16-,17+/m0/s1. The second-order valence-corrected chi connectivity index (χ2v) is 5.36. The summed E-state index contributed by atoms with van der Waals surface area (Å²) in [7, 11) is 0. The van der Waals surface area contributed by atoms with Crippen molar-refractivity contribution in [3.8, 4) is 0 Å². The molecule has 1 amide bonds. The lowest BCUT2D eigenvalue weighted by Gasteiger charge is -2.18. The van der Waals surface area contributed by atoms with Gasteiger partial charge in [0.25, 0.3) is 5.91 Å². The highest BCUT2D eigenvalue weighted by atomic mass is 16.6. The van der Waals surface area contributed by atoms with E-state index in [-0.39, 0.29) is 12.5 Å². The van der Waals surface area contributed by atoms with Gasteiger partial charge in [-0.15, -0.1) is 0 Å². The molecule has 0 aliphatic carbocycles. The minimum Gasteiger partial charge on any atom is -0.394 e. The van der Waals surface area contributed by atoms with Crippen molar-refractivity contribution in [2.75, 3.05) is 6.61 Å². The quantitative estimate of drug-likeness (QED) is 0.887. The van der Waals surface area contributed by atoms with E-state index in [1.54, 1.807) is 0 Å². The van der Waals surface area contributed by atoms with Gasteiger partial charge in [-0.2, -0.15) is 0 Å². The smallest absolute Gasteiger partial charge is 0.264 e. The summed E-state index contributed by atoms with van der Waals surface area (Å²) >= 11 is 0. The number of carbonyl (C=O) groups is 1. The average Bonchev–Trinajstić information content (AvgIpc) is 3.11. The van der Waals surface area contributed by atoms with Gasteiger partial charge in [0.1, 0.15) is 0 Å². The number of benzene rings is 2. The number of amides is 1. The number of aliphatic hydroxyl groups is 1. The molecule has 2 N–H and O–H groups in total. The van der Waals surface area contributed by atoms with Crippen molar-refractivity contribution >= 4 is 11.6 Å². The van der Waals surface area contributed by atoms with Crippen LogP contribution in [0, 0.1) is 0 Å². The van der Waals surface area contributed by atoms with E-state index in [0.29, 0.717) is 6.42 Å². The Morgan fingerprint density at radius 1 is 1.17 bits per heavy atom. The minimum atomic E-state index is -0.664. The molecule has 0 fully saturated rings. The van der Waals surface area contributed by atoms with Gasteiger partial charge in [-0.05, 0) is 11.1 Å². The van der Waals surface area contributed by atoms with E-state index in [4.69, 9.17) is 4.84 Å². The molecule has 2 aromatic carbocycles. The van der Waals surface area contributed by atoms with Crippen molar-refractivity contribution in [1.29, 1.82) is 0 Å². The number of rotatable bonds is 5. The predicted octanol–water partition coefficient (Wildman–Crippen LogP) is 2.03. The SMILES string of the molecule is O=C(N[C@@H](CO)c1ccccc1)[C@H]1CC(c2ccccc2)=NO1. The monoisotopic (exact) mass is 310 g/mol. The normalized spacial score (nSPS) is 18.0. The van der Waals surface area contributed by atoms with E-state index in [1.807, 2.05) is 60.7 Å². The summed E-state index contributed by atoms with van der Waals surface area (Å²) in [6, 6.07) is 18.5. The Morgan fingerprint density at radius 2 is 1.83 bits per heavy atom. The Bertz CT molecular complexity index is 686. The molecular formula is C18H18N2O3. The minimum absolute atomic E-state index is 0.172. The average molecular weight is 310 g/mol. The van der Waals surface area contributed by atoms with E-state index >= 15 is 0 Å². The maximum atomic E-state index is 12.3. The van der Waals surface area contributed by atoms with Gasteiger partial charge < -0.3 is 15.3 Å². The molecule has 3 rings (SSSR count). The molecule has 23 heavy (non-hydrogen) atoms. The van der Waals surface area contributed by atoms with Crippen molar-refractivity contribution in [2.24, 2.45) is 5.16 Å². The van der Waals surface area contributed by atoms with Crippen LogP contribution in [-0.4, -0.2) is 29.4 Å². The first-order chi connectivity index (χ1) is 11.3. The number of nitrogens with one attached hydrogen (secondary N) is 1. The van der Waals surface area contributed by atoms with Gasteiger partial charge >= 0.3 is 0 Å². The Labute approximate surface area is 134 Å². The summed E-state index contributed by atoms with van der Waals surface area (Å²) in [4.78, 5) is 17.6. The number of nitrogens with zero attached hydrogens (tertiary/aromatic N) is 1. The fourth-order valence-corrected chi connectivity index (χ4v) is 2.50. The molecule has 5 nitrogen and oxygen atoms in total. The summed E-state index contributed by atoms with van der Waals surface area (Å²) in [6.07, 6.45) is -0.244. The van der Waals surface area contributed by atoms with Crippen LogP contribution in [0.4, 0.5) is 0 Å². The van der Waals surface area contributed by atoms with Crippen molar-refractivity contribution in [3.05, 3.63) is 71.8 Å². The Kier molecular flexibility index (Phi) is 4.68. The molecule has 0 saturated carbocycles. The van der Waals surface area contributed by atoms with Crippen LogP contribution in [-0.2, 0) is 9.63 Å². The van der Waals surface area contributed by atoms with Crippen LogP contribution in [0.25, 0.3) is 0 Å². The second kappa shape index (κ2) is 7.07. The van der Waals surface area contributed by atoms with Gasteiger partial charge in [-0.1, -0.05) is 65.8 Å². The van der Waals surface area contributed by atoms with Crippen LogP contribution < -0.4 is 5.32 Å². The third-order valence-corrected chi connectivity index (χ3v) is 3.77. The number of oxime groups is 1. The first-order valence-corrected chi connectivity index (χ1v) is 7.52. The molecule has 0 unspecified atom stereocenters. The first-order valence-electron chi connectivity index (χ1n) is 7.52. The van der Waals surface area contributed by atoms with Crippen LogP contribution in [0.15, 0.2) is 65.8 Å². The van der Waals surface area contributed by atoms with E-state index in [9.17, 15) is 9.90 Å². The molecule has 0 radical (unpaired) electrons. The predicted molar refractivity (Wildman–Crippen MR) is 86.9 cm³/mol. The summed E-state index contributed by atoms with van der Waals surface area (Å²) in [5.74, 6) is -0.275. The third kappa shape index (κ3) is 3.57. The Hall–Kier alpha value is -2.66. The van der Waals surface area contributed by atoms with E-state index in [2.05, 4.69) is 10.5 Å². The van der Waals surface area contributed by atoms with Crippen LogP contribution in [0.3, 0.4) is 0 Å². The maximum absolute atomic E-state index is 12.3. The number of carbonyl (C=O) groups excluding carboxylic acids is 1. The number of aliphatic hydroxyl groups excluding tert-OH is 1. The molecule has 118 valence electrons. The topological polar surface area (TPSA) is 70.9 Å². The molecule has 5 heteroatoms. The lowest BCUT2D eigenvalue weighted by atomic mass is 10.0. The number of hydrogen-bond acceptors (Lipinski definition) is 4. The molecule has 2 aromatic rings. The lowest BCUT2D eigenvalue weighted by Crippen LogP contribution is -2.38. The fourth-order valence-electron chi connectivity index (χ4n) is 2.50. The van der Waals surface area contributed by atoms with Gasteiger partial charge in [0.15, 0.2) is 0 Å². The van der Waals surface area contributed by atoms with Gasteiger partial charge in [0.2, 0.25) is 6.10 Å². The number of hydrogen-bond donors (Lipinski definition) is 2. The van der Waals surface area contributed by atoms with Crippen molar-refractivity contribution in [3.63, 3.8) is 0 Å². The van der Waals surface area contributed by atoms with Gasteiger partial charge in [0.05, 0.1) is 18.4 Å². The van der Waals surface area contributed by atoms with Crippen LogP contribution in [0.5, 0.6) is 0 Å². The molecule has 2 atom stereocenters. The largest absolute Gasteiger partial charge is 0.394 e. The molecule has 0 spiro atoms. The summed E-state index contributed by atoms with van der Waals surface area (Å²) in [5.41, 5.74) is 2.56. The molecule has 0 aromatic heterocycles. The molecular weight excluding hydrogens is 292 g/mol. The third-order valence-electron chi connectivity index (χ3n) is 3.77. The zero-order chi connectivity index (χ0) is 16.1. The highest BCUT2D eigenvalue weighted by Gasteiger charge is 2.30. The van der Waals surface area contributed by atoms with Crippen LogP contribution in [0.2, 0.25) is 0 Å². The first kappa shape index (κ1) is 15.2. The molecule has 1 aliphatic heterocycles. The summed E-state index contributed by atoms with van der Waals surface area (Å²) < 4.78 is 0. The molecule has 0 bridgehead atoms. The Balaban J connectivity index is 1.62. The lowest BCUT2D eigenvalue weighted by molar-refractivity contribution is -0.132. The van der Waals surface area contributed by atoms with Crippen LogP contribution >= 0.6 is 0 Å². The molecule has 0 saturated heterocycles. The molecule has 1 heterocycles. The van der Waals surface area contributed by atoms with Gasteiger partial charge in [-0.25, -0.2) is 0 Å². The highest BCUT2D eigenvalue weighted by Crippen LogP contribution is 2.18. The van der Waals surface area contributed by atoms with E-state index in [1.165, 1.54) is 0 Å². The van der Waals surface area contributed by atoms with Crippen LogP contribution in [0.1, 0.15) is 23.6 Å². The van der Waals surface area contributed by atoms with E-state index in [0.717, 1.165) is 16.8 Å². The zero-order valence-corrected chi connectivity index (χ0v) is 12.6. The van der Waals surface area contributed by atoms with Crippen molar-refractivity contribution in [1.82, 2.24) is 5.32 Å².